The number of nitrogens with zero attached hydrogens (tertiary/aromatic N) is 1. The average molecular weight is 269 g/mol. The Labute approximate surface area is 108 Å². The molecule has 1 aliphatic heterocycles. The number of thioether (sulfide) groups is 1. The standard InChI is InChI=1S/C11H12FN3O2S/c12-8-5-7(1-2-9(8)13)18-4-3-15-10(16)6-14-11(15)17/h1-2,5H,3-4,6,13H2,(H,14,17). The maximum Gasteiger partial charge on any atom is 0.324 e. The van der Waals surface area contributed by atoms with E-state index in [1.807, 2.05) is 0 Å². The van der Waals surface area contributed by atoms with Crippen molar-refractivity contribution >= 4 is 29.4 Å². The predicted molar refractivity (Wildman–Crippen MR) is 66.6 cm³/mol. The van der Waals surface area contributed by atoms with Gasteiger partial charge in [0.05, 0.1) is 12.2 Å². The number of hydrogen-bond acceptors (Lipinski definition) is 4. The fraction of sp³-hybridized carbons (Fsp3) is 0.273. The summed E-state index contributed by atoms with van der Waals surface area (Å²) < 4.78 is 13.2. The molecule has 2 rings (SSSR count). The number of carbonyl (C=O) groups is 2. The van der Waals surface area contributed by atoms with Crippen molar-refractivity contribution in [3.63, 3.8) is 0 Å². The molecule has 0 radical (unpaired) electrons. The second-order valence-corrected chi connectivity index (χ2v) is 4.90. The molecule has 3 N–H and O–H groups in total. The molecule has 0 unspecified atom stereocenters. The number of urea groups is 1. The van der Waals surface area contributed by atoms with Crippen LogP contribution in [-0.2, 0) is 4.79 Å². The number of carbonyl (C=O) groups excluding carboxylic acids is 2. The molecule has 0 aliphatic carbocycles. The van der Waals surface area contributed by atoms with Gasteiger partial charge in [0, 0.05) is 17.2 Å². The first-order valence-electron chi connectivity index (χ1n) is 5.34. The van der Waals surface area contributed by atoms with Crippen LogP contribution in [0.1, 0.15) is 0 Å². The van der Waals surface area contributed by atoms with Crippen molar-refractivity contribution in [2.24, 2.45) is 0 Å². The molecule has 18 heavy (non-hydrogen) atoms. The monoisotopic (exact) mass is 269 g/mol. The van der Waals surface area contributed by atoms with Gasteiger partial charge in [-0.2, -0.15) is 0 Å². The van der Waals surface area contributed by atoms with Crippen LogP contribution >= 0.6 is 11.8 Å². The van der Waals surface area contributed by atoms with E-state index < -0.39 is 5.82 Å². The van der Waals surface area contributed by atoms with Gasteiger partial charge in [-0.05, 0) is 18.2 Å². The summed E-state index contributed by atoms with van der Waals surface area (Å²) in [6.45, 7) is 0.362. The highest BCUT2D eigenvalue weighted by Crippen LogP contribution is 2.22. The van der Waals surface area contributed by atoms with E-state index in [1.54, 1.807) is 6.07 Å². The second kappa shape index (κ2) is 5.26. The number of nitrogens with one attached hydrogen (secondary N) is 1. The molecule has 3 amide bonds. The number of imide groups is 1. The Morgan fingerprint density at radius 2 is 2.22 bits per heavy atom. The Morgan fingerprint density at radius 1 is 1.44 bits per heavy atom. The predicted octanol–water partition coefficient (Wildman–Crippen LogP) is 1.05. The summed E-state index contributed by atoms with van der Waals surface area (Å²) in [7, 11) is 0. The number of anilines is 1. The SMILES string of the molecule is Nc1ccc(SCCN2C(=O)CNC2=O)cc1F. The molecule has 0 bridgehead atoms. The minimum Gasteiger partial charge on any atom is -0.396 e. The van der Waals surface area contributed by atoms with E-state index in [0.717, 1.165) is 4.90 Å². The normalized spacial score (nSPS) is 15.1. The zero-order valence-electron chi connectivity index (χ0n) is 9.48. The number of benzene rings is 1. The van der Waals surface area contributed by atoms with E-state index in [9.17, 15) is 14.0 Å². The van der Waals surface area contributed by atoms with Crippen LogP contribution in [0.25, 0.3) is 0 Å². The molecule has 0 spiro atoms. The zero-order chi connectivity index (χ0) is 13.1. The number of hydrogen-bond donors (Lipinski definition) is 2. The Kier molecular flexibility index (Phi) is 3.71. The van der Waals surface area contributed by atoms with Crippen LogP contribution < -0.4 is 11.1 Å². The molecule has 1 heterocycles. The van der Waals surface area contributed by atoms with Crippen LogP contribution in [0, 0.1) is 5.82 Å². The topological polar surface area (TPSA) is 75.4 Å². The van der Waals surface area contributed by atoms with Gasteiger partial charge in [-0.1, -0.05) is 0 Å². The zero-order valence-corrected chi connectivity index (χ0v) is 10.3. The number of halogens is 1. The third-order valence-corrected chi connectivity index (χ3v) is 3.47. The maximum absolute atomic E-state index is 13.2. The van der Waals surface area contributed by atoms with Crippen molar-refractivity contribution in [2.45, 2.75) is 4.90 Å². The highest BCUT2D eigenvalue weighted by atomic mass is 32.2. The van der Waals surface area contributed by atoms with E-state index >= 15 is 0 Å². The largest absolute Gasteiger partial charge is 0.396 e. The lowest BCUT2D eigenvalue weighted by Crippen LogP contribution is -2.32. The lowest BCUT2D eigenvalue weighted by Gasteiger charge is -2.11. The van der Waals surface area contributed by atoms with Crippen molar-refractivity contribution in [2.75, 3.05) is 24.6 Å². The highest BCUT2D eigenvalue weighted by Gasteiger charge is 2.27. The summed E-state index contributed by atoms with van der Waals surface area (Å²) in [5.74, 6) is -0.179. The van der Waals surface area contributed by atoms with Gasteiger partial charge >= 0.3 is 6.03 Å². The minimum atomic E-state index is -0.463. The van der Waals surface area contributed by atoms with Crippen LogP contribution in [-0.4, -0.2) is 35.7 Å². The van der Waals surface area contributed by atoms with Crippen molar-refractivity contribution in [3.05, 3.63) is 24.0 Å². The molecule has 5 nitrogen and oxygen atoms in total. The van der Waals surface area contributed by atoms with Gasteiger partial charge in [0.25, 0.3) is 0 Å². The maximum atomic E-state index is 13.2. The minimum absolute atomic E-state index is 0.0556. The van der Waals surface area contributed by atoms with Crippen LogP contribution in [0.5, 0.6) is 0 Å². The molecule has 1 saturated heterocycles. The first-order valence-corrected chi connectivity index (χ1v) is 6.32. The summed E-state index contributed by atoms with van der Waals surface area (Å²) in [5.41, 5.74) is 5.47. The number of rotatable bonds is 4. The van der Waals surface area contributed by atoms with E-state index in [0.29, 0.717) is 17.2 Å². The third kappa shape index (κ3) is 2.73. The summed E-state index contributed by atoms with van der Waals surface area (Å²) in [6.07, 6.45) is 0. The fourth-order valence-corrected chi connectivity index (χ4v) is 2.39. The molecule has 0 saturated carbocycles. The summed E-state index contributed by atoms with van der Waals surface area (Å²) in [4.78, 5) is 24.4. The Bertz CT molecular complexity index is 479. The molecule has 1 aromatic carbocycles. The van der Waals surface area contributed by atoms with E-state index in [-0.39, 0.29) is 24.2 Å². The molecular weight excluding hydrogens is 257 g/mol. The van der Waals surface area contributed by atoms with E-state index in [2.05, 4.69) is 5.32 Å². The second-order valence-electron chi connectivity index (χ2n) is 3.74. The van der Waals surface area contributed by atoms with Crippen LogP contribution in [0.3, 0.4) is 0 Å². The van der Waals surface area contributed by atoms with Gasteiger partial charge in [0.2, 0.25) is 5.91 Å². The van der Waals surface area contributed by atoms with Crippen LogP contribution in [0.15, 0.2) is 23.1 Å². The van der Waals surface area contributed by atoms with Gasteiger partial charge in [-0.3, -0.25) is 9.69 Å². The quantitative estimate of drug-likeness (QED) is 0.487. The van der Waals surface area contributed by atoms with Gasteiger partial charge in [0.15, 0.2) is 0 Å². The lowest BCUT2D eigenvalue weighted by atomic mass is 10.3. The summed E-state index contributed by atoms with van der Waals surface area (Å²) >= 11 is 1.36. The van der Waals surface area contributed by atoms with E-state index in [1.165, 1.54) is 23.9 Å². The first kappa shape index (κ1) is 12.7. The van der Waals surface area contributed by atoms with Crippen molar-refractivity contribution in [1.82, 2.24) is 10.2 Å². The van der Waals surface area contributed by atoms with Gasteiger partial charge < -0.3 is 11.1 Å². The fourth-order valence-electron chi connectivity index (χ4n) is 1.53. The third-order valence-electron chi connectivity index (χ3n) is 2.49. The lowest BCUT2D eigenvalue weighted by molar-refractivity contribution is -0.124. The summed E-state index contributed by atoms with van der Waals surface area (Å²) in [6, 6.07) is 4.16. The molecule has 1 aliphatic rings. The van der Waals surface area contributed by atoms with E-state index in [4.69, 9.17) is 5.73 Å². The van der Waals surface area contributed by atoms with Crippen LogP contribution in [0.4, 0.5) is 14.9 Å². The smallest absolute Gasteiger partial charge is 0.324 e. The van der Waals surface area contributed by atoms with Gasteiger partial charge in [0.1, 0.15) is 5.82 Å². The van der Waals surface area contributed by atoms with Crippen molar-refractivity contribution < 1.29 is 14.0 Å². The average Bonchev–Trinajstić information content (AvgIpc) is 2.65. The molecule has 1 aromatic rings. The first-order chi connectivity index (χ1) is 8.58. The molecule has 0 atom stereocenters. The Morgan fingerprint density at radius 3 is 2.83 bits per heavy atom. The molecular formula is C11H12FN3O2S. The highest BCUT2D eigenvalue weighted by molar-refractivity contribution is 7.99. The molecule has 1 fully saturated rings. The molecule has 7 heteroatoms. The number of nitrogen functional groups attached to an aromatic ring is 1. The molecule has 96 valence electrons. The van der Waals surface area contributed by atoms with Gasteiger partial charge in [-0.15, -0.1) is 11.8 Å². The van der Waals surface area contributed by atoms with Crippen LogP contribution in [0.2, 0.25) is 0 Å². The Hall–Kier alpha value is -1.76. The molecule has 0 aromatic heterocycles. The van der Waals surface area contributed by atoms with Crippen molar-refractivity contribution in [1.29, 1.82) is 0 Å². The van der Waals surface area contributed by atoms with Crippen molar-refractivity contribution in [3.8, 4) is 0 Å². The Balaban J connectivity index is 1.86. The summed E-state index contributed by atoms with van der Waals surface area (Å²) in [5, 5.41) is 2.44. The van der Waals surface area contributed by atoms with Gasteiger partial charge in [-0.25, -0.2) is 9.18 Å². The number of nitrogens with two attached hydrogens (primary N) is 1. The number of amides is 3.